The monoisotopic (exact) mass is 534 g/mol. The molecule has 1 aromatic heterocycles. The number of nitro benzene ring substituents is 1. The number of anilines is 1. The average molecular weight is 535 g/mol. The largest absolute Gasteiger partial charge is 0.455 e. The van der Waals surface area contributed by atoms with E-state index in [1.54, 1.807) is 6.92 Å². The molecule has 13 heteroatoms. The SMILES string of the molecule is Cc1c(C(=O)Nc2cccc(C(F)(F)F)c2)oc2c1/C(=N/NC(=O)c1ccc(Cl)c([N+](=O)[O-])c1)CCC2. The molecular weight excluding hydrogens is 517 g/mol. The van der Waals surface area contributed by atoms with E-state index in [2.05, 4.69) is 15.8 Å². The molecule has 37 heavy (non-hydrogen) atoms. The van der Waals surface area contributed by atoms with E-state index in [0.29, 0.717) is 41.9 Å². The minimum absolute atomic E-state index is 0.0263. The third-order valence-corrected chi connectivity index (χ3v) is 6.00. The fourth-order valence-electron chi connectivity index (χ4n) is 3.93. The molecule has 3 aromatic rings. The molecule has 0 radical (unpaired) electrons. The van der Waals surface area contributed by atoms with Crippen molar-refractivity contribution in [2.75, 3.05) is 5.32 Å². The summed E-state index contributed by atoms with van der Waals surface area (Å²) in [5.74, 6) is -1.07. The van der Waals surface area contributed by atoms with Gasteiger partial charge in [0.15, 0.2) is 5.76 Å². The lowest BCUT2D eigenvalue weighted by atomic mass is 9.93. The number of alkyl halides is 3. The van der Waals surface area contributed by atoms with Gasteiger partial charge in [0.25, 0.3) is 17.5 Å². The molecule has 0 saturated carbocycles. The molecule has 0 spiro atoms. The van der Waals surface area contributed by atoms with Gasteiger partial charge in [-0.25, -0.2) is 5.43 Å². The van der Waals surface area contributed by atoms with Crippen LogP contribution in [0.1, 0.15) is 56.2 Å². The first-order chi connectivity index (χ1) is 17.5. The number of nitrogens with zero attached hydrogens (tertiary/aromatic N) is 2. The van der Waals surface area contributed by atoms with E-state index in [0.717, 1.165) is 18.2 Å². The van der Waals surface area contributed by atoms with Gasteiger partial charge in [-0.05, 0) is 50.1 Å². The predicted molar refractivity (Wildman–Crippen MR) is 128 cm³/mol. The van der Waals surface area contributed by atoms with Gasteiger partial charge in [0.05, 0.1) is 16.2 Å². The van der Waals surface area contributed by atoms with Crippen LogP contribution in [0.2, 0.25) is 5.02 Å². The summed E-state index contributed by atoms with van der Waals surface area (Å²) in [5, 5.41) is 17.5. The molecule has 0 fully saturated rings. The fourth-order valence-corrected chi connectivity index (χ4v) is 4.12. The zero-order valence-electron chi connectivity index (χ0n) is 19.1. The van der Waals surface area contributed by atoms with E-state index in [9.17, 15) is 32.9 Å². The number of amides is 2. The van der Waals surface area contributed by atoms with Crippen LogP contribution in [0, 0.1) is 17.0 Å². The maximum atomic E-state index is 13.0. The molecule has 192 valence electrons. The normalized spacial score (nSPS) is 14.2. The number of hydrazone groups is 1. The van der Waals surface area contributed by atoms with Crippen LogP contribution in [0.15, 0.2) is 52.0 Å². The highest BCUT2D eigenvalue weighted by atomic mass is 35.5. The lowest BCUT2D eigenvalue weighted by Gasteiger charge is -2.13. The van der Waals surface area contributed by atoms with Crippen LogP contribution in [0.3, 0.4) is 0 Å². The van der Waals surface area contributed by atoms with Gasteiger partial charge in [0, 0.05) is 34.9 Å². The Kier molecular flexibility index (Phi) is 7.03. The second-order valence-electron chi connectivity index (χ2n) is 8.16. The van der Waals surface area contributed by atoms with Gasteiger partial charge in [-0.15, -0.1) is 0 Å². The summed E-state index contributed by atoms with van der Waals surface area (Å²) in [6.07, 6.45) is -3.02. The number of nitro groups is 1. The number of nitrogens with one attached hydrogen (secondary N) is 2. The Labute approximate surface area is 212 Å². The molecule has 2 aromatic carbocycles. The molecule has 0 aliphatic heterocycles. The van der Waals surface area contributed by atoms with E-state index < -0.39 is 34.2 Å². The first-order valence-electron chi connectivity index (χ1n) is 10.9. The fraction of sp³-hybridized carbons (Fsp3) is 0.208. The average Bonchev–Trinajstić information content (AvgIpc) is 3.19. The third kappa shape index (κ3) is 5.48. The van der Waals surface area contributed by atoms with E-state index in [1.807, 2.05) is 0 Å². The lowest BCUT2D eigenvalue weighted by molar-refractivity contribution is -0.384. The summed E-state index contributed by atoms with van der Waals surface area (Å²) in [7, 11) is 0. The van der Waals surface area contributed by atoms with Crippen LogP contribution in [0.25, 0.3) is 0 Å². The second-order valence-corrected chi connectivity index (χ2v) is 8.57. The Morgan fingerprint density at radius 3 is 2.59 bits per heavy atom. The maximum absolute atomic E-state index is 13.0. The smallest absolute Gasteiger partial charge is 0.416 e. The van der Waals surface area contributed by atoms with Crippen molar-refractivity contribution in [2.45, 2.75) is 32.4 Å². The number of hydrogen-bond acceptors (Lipinski definition) is 6. The van der Waals surface area contributed by atoms with Crippen molar-refractivity contribution in [3.8, 4) is 0 Å². The Bertz CT molecular complexity index is 1450. The van der Waals surface area contributed by atoms with E-state index in [1.165, 1.54) is 24.3 Å². The standard InChI is InChI=1S/C24H18ClF3N4O5/c1-12-20-17(30-31-22(33)13-8-9-16(25)18(10-13)32(35)36)6-3-7-19(20)37-21(12)23(34)29-15-5-2-4-14(11-15)24(26,27)28/h2,4-5,8-11H,3,6-7H2,1H3,(H,29,34)(H,31,33)/b30-17+. The van der Waals surface area contributed by atoms with Crippen LogP contribution in [-0.4, -0.2) is 22.4 Å². The van der Waals surface area contributed by atoms with E-state index >= 15 is 0 Å². The number of aryl methyl sites for hydroxylation is 1. The zero-order chi connectivity index (χ0) is 26.9. The van der Waals surface area contributed by atoms with Crippen molar-refractivity contribution in [1.29, 1.82) is 0 Å². The number of fused-ring (bicyclic) bond motifs is 1. The van der Waals surface area contributed by atoms with E-state index in [-0.39, 0.29) is 22.0 Å². The molecule has 1 aliphatic carbocycles. The van der Waals surface area contributed by atoms with Crippen LogP contribution in [0.4, 0.5) is 24.5 Å². The third-order valence-electron chi connectivity index (χ3n) is 5.68. The van der Waals surface area contributed by atoms with Crippen molar-refractivity contribution in [2.24, 2.45) is 5.10 Å². The first-order valence-corrected chi connectivity index (χ1v) is 11.3. The highest BCUT2D eigenvalue weighted by molar-refractivity contribution is 6.32. The Hall–Kier alpha value is -4.19. The minimum atomic E-state index is -4.56. The molecule has 2 N–H and O–H groups in total. The van der Waals surface area contributed by atoms with Crippen LogP contribution >= 0.6 is 11.6 Å². The van der Waals surface area contributed by atoms with Gasteiger partial charge >= 0.3 is 6.18 Å². The topological polar surface area (TPSA) is 127 Å². The molecule has 1 aliphatic rings. The van der Waals surface area contributed by atoms with Crippen molar-refractivity contribution in [3.05, 3.63) is 91.4 Å². The molecule has 9 nitrogen and oxygen atoms in total. The van der Waals surface area contributed by atoms with Crippen LogP contribution in [-0.2, 0) is 12.6 Å². The molecule has 0 atom stereocenters. The van der Waals surface area contributed by atoms with Gasteiger partial charge in [0.2, 0.25) is 0 Å². The van der Waals surface area contributed by atoms with Crippen LogP contribution in [0.5, 0.6) is 0 Å². The summed E-state index contributed by atoms with van der Waals surface area (Å²) in [5.41, 5.74) is 2.30. The molecule has 4 rings (SSSR count). The minimum Gasteiger partial charge on any atom is -0.455 e. The molecule has 2 amide bonds. The summed E-state index contributed by atoms with van der Waals surface area (Å²) in [6, 6.07) is 7.80. The number of carbonyl (C=O) groups excluding carboxylic acids is 2. The molecular formula is C24H18ClF3N4O5. The van der Waals surface area contributed by atoms with Gasteiger partial charge in [0.1, 0.15) is 10.8 Å². The number of benzene rings is 2. The Balaban J connectivity index is 1.56. The van der Waals surface area contributed by atoms with Gasteiger partial charge in [-0.2, -0.15) is 18.3 Å². The Morgan fingerprint density at radius 2 is 1.89 bits per heavy atom. The summed E-state index contributed by atoms with van der Waals surface area (Å²) < 4.78 is 44.7. The summed E-state index contributed by atoms with van der Waals surface area (Å²) in [4.78, 5) is 35.7. The van der Waals surface area contributed by atoms with Crippen molar-refractivity contribution >= 4 is 40.5 Å². The Morgan fingerprint density at radius 1 is 1.14 bits per heavy atom. The molecule has 0 unspecified atom stereocenters. The molecule has 0 bridgehead atoms. The highest BCUT2D eigenvalue weighted by Crippen LogP contribution is 2.33. The van der Waals surface area contributed by atoms with Crippen LogP contribution < -0.4 is 10.7 Å². The van der Waals surface area contributed by atoms with Crippen molar-refractivity contribution in [1.82, 2.24) is 5.43 Å². The quantitative estimate of drug-likeness (QED) is 0.311. The van der Waals surface area contributed by atoms with E-state index in [4.69, 9.17) is 16.0 Å². The number of hydrogen-bond donors (Lipinski definition) is 2. The highest BCUT2D eigenvalue weighted by Gasteiger charge is 2.31. The predicted octanol–water partition coefficient (Wildman–Crippen LogP) is 5.89. The van der Waals surface area contributed by atoms with Crippen molar-refractivity contribution in [3.63, 3.8) is 0 Å². The number of rotatable bonds is 5. The lowest BCUT2D eigenvalue weighted by Crippen LogP contribution is -2.22. The second kappa shape index (κ2) is 10.1. The molecule has 1 heterocycles. The summed E-state index contributed by atoms with van der Waals surface area (Å²) >= 11 is 5.78. The number of carbonyl (C=O) groups is 2. The number of halogens is 4. The van der Waals surface area contributed by atoms with Crippen molar-refractivity contribution < 1.29 is 32.1 Å². The summed E-state index contributed by atoms with van der Waals surface area (Å²) in [6.45, 7) is 1.61. The van der Waals surface area contributed by atoms with Gasteiger partial charge < -0.3 is 9.73 Å². The number of furan rings is 1. The molecule has 0 saturated heterocycles. The maximum Gasteiger partial charge on any atom is 0.416 e. The van der Waals surface area contributed by atoms with Gasteiger partial charge in [-0.3, -0.25) is 19.7 Å². The first kappa shape index (κ1) is 25.9. The zero-order valence-corrected chi connectivity index (χ0v) is 19.9. The van der Waals surface area contributed by atoms with Gasteiger partial charge in [-0.1, -0.05) is 17.7 Å².